The van der Waals surface area contributed by atoms with E-state index in [0.29, 0.717) is 22.8 Å². The molecule has 0 aliphatic heterocycles. The summed E-state index contributed by atoms with van der Waals surface area (Å²) in [6.07, 6.45) is -0.663. The lowest BCUT2D eigenvalue weighted by Gasteiger charge is -2.22. The average molecular weight is 494 g/mol. The summed E-state index contributed by atoms with van der Waals surface area (Å²) >= 11 is 0. The van der Waals surface area contributed by atoms with Crippen molar-refractivity contribution in [3.8, 4) is 5.75 Å². The van der Waals surface area contributed by atoms with E-state index in [9.17, 15) is 17.4 Å². The number of rotatable bonds is 8. The Morgan fingerprint density at radius 1 is 1.21 bits per heavy atom. The van der Waals surface area contributed by atoms with E-state index in [1.165, 1.54) is 23.9 Å². The zero-order valence-electron chi connectivity index (χ0n) is 19.3. The van der Waals surface area contributed by atoms with Crippen molar-refractivity contribution in [1.82, 2.24) is 15.0 Å². The van der Waals surface area contributed by atoms with Crippen molar-refractivity contribution in [1.29, 1.82) is 0 Å². The van der Waals surface area contributed by atoms with Crippen LogP contribution in [0, 0.1) is 6.92 Å². The lowest BCUT2D eigenvalue weighted by Crippen LogP contribution is -2.26. The van der Waals surface area contributed by atoms with Crippen LogP contribution in [0.5, 0.6) is 5.75 Å². The molecule has 1 unspecified atom stereocenters. The predicted octanol–water partition coefficient (Wildman–Crippen LogP) is 4.43. The van der Waals surface area contributed by atoms with E-state index in [1.807, 2.05) is 13.0 Å². The van der Waals surface area contributed by atoms with Gasteiger partial charge in [0.25, 0.3) is 0 Å². The highest BCUT2D eigenvalue weighted by Crippen LogP contribution is 2.33. The summed E-state index contributed by atoms with van der Waals surface area (Å²) in [5.74, 6) is 4.68. The van der Waals surface area contributed by atoms with Gasteiger partial charge in [0.1, 0.15) is 11.6 Å². The monoisotopic (exact) mass is 493 g/mol. The first-order valence-corrected chi connectivity index (χ1v) is 12.3. The van der Waals surface area contributed by atoms with Crippen LogP contribution in [0.4, 0.5) is 30.6 Å². The minimum atomic E-state index is -4.61. The first kappa shape index (κ1) is 25.3. The molecule has 2 aromatic heterocycles. The van der Waals surface area contributed by atoms with Gasteiger partial charge in [-0.2, -0.15) is 13.2 Å². The molecule has 2 heterocycles. The molecule has 7 nitrogen and oxygen atoms in total. The Labute approximate surface area is 197 Å². The van der Waals surface area contributed by atoms with Crippen molar-refractivity contribution in [2.24, 2.45) is 0 Å². The molecule has 3 aromatic rings. The Morgan fingerprint density at radius 3 is 2.59 bits per heavy atom. The molecule has 0 saturated carbocycles. The highest BCUT2D eigenvalue weighted by molar-refractivity contribution is 8.00. The highest BCUT2D eigenvalue weighted by Gasteiger charge is 2.35. The van der Waals surface area contributed by atoms with Gasteiger partial charge in [0.05, 0.1) is 18.4 Å². The summed E-state index contributed by atoms with van der Waals surface area (Å²) < 4.78 is 60.1. The van der Waals surface area contributed by atoms with Crippen LogP contribution in [0.2, 0.25) is 0 Å². The number of pyridine rings is 1. The van der Waals surface area contributed by atoms with E-state index in [4.69, 9.17) is 4.74 Å². The van der Waals surface area contributed by atoms with Gasteiger partial charge in [-0.25, -0.2) is 19.2 Å². The van der Waals surface area contributed by atoms with Crippen molar-refractivity contribution in [3.05, 3.63) is 65.1 Å². The van der Waals surface area contributed by atoms with Crippen molar-refractivity contribution < 1.29 is 22.1 Å². The maximum atomic E-state index is 13.7. The minimum Gasteiger partial charge on any atom is -0.497 e. The predicted molar refractivity (Wildman–Crippen MR) is 129 cm³/mol. The summed E-state index contributed by atoms with van der Waals surface area (Å²) in [5, 5.41) is 2.98. The Balaban J connectivity index is 1.94. The molecule has 0 radical (unpaired) electrons. The molecule has 34 heavy (non-hydrogen) atoms. The van der Waals surface area contributed by atoms with Crippen molar-refractivity contribution >= 4 is 33.0 Å². The summed E-state index contributed by atoms with van der Waals surface area (Å²) in [4.78, 5) is 12.3. The van der Waals surface area contributed by atoms with Crippen LogP contribution < -0.4 is 14.4 Å². The van der Waals surface area contributed by atoms with E-state index in [-0.39, 0.29) is 24.5 Å². The summed E-state index contributed by atoms with van der Waals surface area (Å²) in [7, 11) is 0.514. The summed E-state index contributed by atoms with van der Waals surface area (Å²) in [6.45, 7) is 1.85. The topological polar surface area (TPSA) is 80.2 Å². The Morgan fingerprint density at radius 2 is 1.94 bits per heavy atom. The largest absolute Gasteiger partial charge is 0.497 e. The molecule has 1 aromatic carbocycles. The van der Waals surface area contributed by atoms with Gasteiger partial charge in [0, 0.05) is 47.2 Å². The van der Waals surface area contributed by atoms with Gasteiger partial charge >= 0.3 is 6.18 Å². The number of hydrogen-bond donors (Lipinski definition) is 1. The first-order valence-electron chi connectivity index (χ1n) is 10.2. The lowest BCUT2D eigenvalue weighted by molar-refractivity contribution is -0.138. The Kier molecular flexibility index (Phi) is 7.35. The third kappa shape index (κ3) is 5.96. The maximum absolute atomic E-state index is 13.7. The van der Waals surface area contributed by atoms with Crippen molar-refractivity contribution in [3.63, 3.8) is 0 Å². The van der Waals surface area contributed by atoms with Crippen molar-refractivity contribution in [2.45, 2.75) is 25.9 Å². The quantitative estimate of drug-likeness (QED) is 0.468. The van der Waals surface area contributed by atoms with Crippen LogP contribution in [-0.2, 0) is 28.7 Å². The van der Waals surface area contributed by atoms with Crippen LogP contribution in [0.15, 0.2) is 42.7 Å². The minimum absolute atomic E-state index is 0.0300. The van der Waals surface area contributed by atoms with Gasteiger partial charge in [-0.05, 0) is 48.9 Å². The van der Waals surface area contributed by atoms with Gasteiger partial charge in [-0.3, -0.25) is 4.31 Å². The number of alkyl halides is 3. The number of hydrogen-bond acceptors (Lipinski definition) is 6. The molecule has 0 aliphatic rings. The number of benzene rings is 1. The van der Waals surface area contributed by atoms with Gasteiger partial charge in [-0.15, -0.1) is 0 Å². The normalized spacial score (nSPS) is 13.3. The summed E-state index contributed by atoms with van der Waals surface area (Å²) in [5.41, 5.74) is 1.04. The van der Waals surface area contributed by atoms with Gasteiger partial charge < -0.3 is 10.1 Å². The molecular weight excluding hydrogens is 467 g/mol. The zero-order valence-corrected chi connectivity index (χ0v) is 20.1. The van der Waals surface area contributed by atoms with Crippen LogP contribution >= 0.6 is 0 Å². The molecule has 1 atom stereocenters. The number of anilines is 3. The molecule has 3 rings (SSSR count). The SMILES string of the molecule is C=S(C)(=O)N(C)c1ncccc1CCc1nc(Nc2cc(OC)ccc2C)ncc1C(F)(F)F. The van der Waals surface area contributed by atoms with Crippen LogP contribution in [-0.4, -0.2) is 45.4 Å². The fraction of sp³-hybridized carbons (Fsp3) is 0.304. The van der Waals surface area contributed by atoms with Gasteiger partial charge in [-0.1, -0.05) is 12.1 Å². The number of nitrogens with one attached hydrogen (secondary N) is 1. The molecule has 0 bridgehead atoms. The van der Waals surface area contributed by atoms with Crippen LogP contribution in [0.3, 0.4) is 0 Å². The van der Waals surface area contributed by atoms with Crippen LogP contribution in [0.1, 0.15) is 22.4 Å². The van der Waals surface area contributed by atoms with E-state index >= 15 is 0 Å². The number of aryl methyl sites for hydroxylation is 3. The molecule has 11 heteroatoms. The molecule has 0 spiro atoms. The third-order valence-corrected chi connectivity index (χ3v) is 6.57. The third-order valence-electron chi connectivity index (χ3n) is 5.24. The number of nitrogens with zero attached hydrogens (tertiary/aromatic N) is 4. The lowest BCUT2D eigenvalue weighted by atomic mass is 10.1. The maximum Gasteiger partial charge on any atom is 0.419 e. The average Bonchev–Trinajstić information content (AvgIpc) is 2.77. The second-order valence-corrected chi connectivity index (χ2v) is 10.3. The zero-order chi connectivity index (χ0) is 25.1. The first-order chi connectivity index (χ1) is 15.9. The van der Waals surface area contributed by atoms with E-state index < -0.39 is 21.4 Å². The molecule has 0 amide bonds. The molecule has 1 N–H and O–H groups in total. The number of methoxy groups -OCH3 is 1. The summed E-state index contributed by atoms with van der Waals surface area (Å²) in [6, 6.07) is 8.73. The number of ether oxygens (including phenoxy) is 1. The van der Waals surface area contributed by atoms with E-state index in [0.717, 1.165) is 11.8 Å². The molecule has 0 aliphatic carbocycles. The molecule has 0 saturated heterocycles. The smallest absolute Gasteiger partial charge is 0.419 e. The Hall–Kier alpha value is -3.34. The molecule has 182 valence electrons. The highest BCUT2D eigenvalue weighted by atomic mass is 32.2. The fourth-order valence-electron chi connectivity index (χ4n) is 3.23. The second-order valence-electron chi connectivity index (χ2n) is 7.80. The molecular formula is C23H26F3N5O2S. The van der Waals surface area contributed by atoms with Gasteiger partial charge in [0.15, 0.2) is 0 Å². The number of aromatic nitrogens is 3. The van der Waals surface area contributed by atoms with Gasteiger partial charge in [0.2, 0.25) is 5.95 Å². The van der Waals surface area contributed by atoms with E-state index in [1.54, 1.807) is 31.3 Å². The number of halogens is 3. The standard InChI is InChI=1S/C23H26F3N5O2S/c1-15-8-10-17(33-3)13-20(15)30-22-28-14-18(23(24,25)26)19(29-22)11-9-16-7-6-12-27-21(16)31(2)34(4,5)32/h6-8,10,12-14H,4,9,11H2,1-3,5H3,(H,28,29,30). The van der Waals surface area contributed by atoms with Crippen LogP contribution in [0.25, 0.3) is 0 Å². The van der Waals surface area contributed by atoms with Crippen molar-refractivity contribution in [2.75, 3.05) is 30.0 Å². The van der Waals surface area contributed by atoms with E-state index in [2.05, 4.69) is 26.1 Å². The Bertz CT molecular complexity index is 1280. The second kappa shape index (κ2) is 9.88. The fourth-order valence-corrected chi connectivity index (χ4v) is 3.76. The molecule has 0 fully saturated rings.